The first-order chi connectivity index (χ1) is 14.3. The number of rotatable bonds is 4. The van der Waals surface area contributed by atoms with E-state index in [0.717, 1.165) is 9.80 Å². The molecule has 4 rings (SSSR count). The lowest BCUT2D eigenvalue weighted by Crippen LogP contribution is -3.19. The molecule has 0 spiro atoms. The summed E-state index contributed by atoms with van der Waals surface area (Å²) in [6, 6.07) is 10.6. The van der Waals surface area contributed by atoms with E-state index in [0.29, 0.717) is 23.8 Å². The largest absolute Gasteiger partial charge is 0.322 e. The lowest BCUT2D eigenvalue weighted by molar-refractivity contribution is -0.918. The number of nitrogens with one attached hydrogen (secondary N) is 1. The van der Waals surface area contributed by atoms with Crippen LogP contribution in [-0.4, -0.2) is 56.8 Å². The molecule has 2 saturated heterocycles. The van der Waals surface area contributed by atoms with Gasteiger partial charge in [-0.05, 0) is 48.5 Å². The SMILES string of the molecule is O=C1C[C@H]([NH+]2CCN(S(=O)(=O)c3ccc(Cl)cc3)CC2)C(=O)N1c1ccc(F)cc1. The number of carbonyl (C=O) groups excluding carboxylic acids is 2. The van der Waals surface area contributed by atoms with Gasteiger partial charge in [-0.25, -0.2) is 17.7 Å². The molecule has 1 atom stereocenters. The molecule has 158 valence electrons. The van der Waals surface area contributed by atoms with Crippen LogP contribution in [0.4, 0.5) is 10.1 Å². The maximum atomic E-state index is 13.2. The predicted molar refractivity (Wildman–Crippen MR) is 108 cm³/mol. The molecule has 2 aliphatic rings. The summed E-state index contributed by atoms with van der Waals surface area (Å²) >= 11 is 5.83. The highest BCUT2D eigenvalue weighted by molar-refractivity contribution is 7.89. The zero-order valence-corrected chi connectivity index (χ0v) is 17.5. The summed E-state index contributed by atoms with van der Waals surface area (Å²) in [6.45, 7) is 1.31. The average molecular weight is 453 g/mol. The fraction of sp³-hybridized carbons (Fsp3) is 0.300. The number of anilines is 1. The number of imide groups is 1. The Bertz CT molecular complexity index is 1070. The standard InChI is InChI=1S/C20H19ClFN3O4S/c21-14-1-7-17(8-2-14)30(28,29)24-11-9-23(10-12-24)18-13-19(26)25(20(18)27)16-5-3-15(22)4-6-16/h1-8,18H,9-13H2/p+1/t18-/m0/s1. The van der Waals surface area contributed by atoms with E-state index in [-0.39, 0.29) is 36.2 Å². The zero-order valence-electron chi connectivity index (χ0n) is 15.9. The Kier molecular flexibility index (Phi) is 5.63. The smallest absolute Gasteiger partial charge is 0.292 e. The molecule has 0 aliphatic carbocycles. The maximum Gasteiger partial charge on any atom is 0.292 e. The Morgan fingerprint density at radius 1 is 0.967 bits per heavy atom. The van der Waals surface area contributed by atoms with E-state index >= 15 is 0 Å². The first kappa shape index (κ1) is 20.9. The van der Waals surface area contributed by atoms with E-state index < -0.39 is 21.9 Å². The molecular weight excluding hydrogens is 433 g/mol. The van der Waals surface area contributed by atoms with Crippen molar-refractivity contribution in [3.8, 4) is 0 Å². The van der Waals surface area contributed by atoms with Gasteiger partial charge in [-0.1, -0.05) is 11.6 Å². The first-order valence-electron chi connectivity index (χ1n) is 9.50. The van der Waals surface area contributed by atoms with E-state index in [4.69, 9.17) is 11.6 Å². The molecule has 0 unspecified atom stereocenters. The molecule has 2 amide bonds. The van der Waals surface area contributed by atoms with Crippen LogP contribution in [0.3, 0.4) is 0 Å². The summed E-state index contributed by atoms with van der Waals surface area (Å²) in [5.41, 5.74) is 0.345. The van der Waals surface area contributed by atoms with Crippen LogP contribution < -0.4 is 9.80 Å². The van der Waals surface area contributed by atoms with E-state index in [1.165, 1.54) is 52.8 Å². The van der Waals surface area contributed by atoms with Crippen molar-refractivity contribution in [2.45, 2.75) is 17.4 Å². The van der Waals surface area contributed by atoms with Gasteiger partial charge in [0.1, 0.15) is 5.82 Å². The molecule has 2 aromatic carbocycles. The first-order valence-corrected chi connectivity index (χ1v) is 11.3. The van der Waals surface area contributed by atoms with Crippen molar-refractivity contribution >= 4 is 39.1 Å². The highest BCUT2D eigenvalue weighted by Gasteiger charge is 2.47. The Morgan fingerprint density at radius 2 is 1.57 bits per heavy atom. The van der Waals surface area contributed by atoms with Gasteiger partial charge in [-0.15, -0.1) is 0 Å². The van der Waals surface area contributed by atoms with Gasteiger partial charge in [0.25, 0.3) is 5.91 Å². The molecule has 0 aromatic heterocycles. The monoisotopic (exact) mass is 452 g/mol. The zero-order chi connectivity index (χ0) is 21.5. The Hall–Kier alpha value is -2.33. The summed E-state index contributed by atoms with van der Waals surface area (Å²) in [4.78, 5) is 27.5. The molecule has 2 aromatic rings. The van der Waals surface area contributed by atoms with Crippen LogP contribution in [0.1, 0.15) is 6.42 Å². The quantitative estimate of drug-likeness (QED) is 0.693. The maximum absolute atomic E-state index is 13.2. The molecular formula is C20H20ClFN3O4S+. The average Bonchev–Trinajstić information content (AvgIpc) is 3.03. The molecule has 10 heteroatoms. The number of benzene rings is 2. The number of hydrogen-bond donors (Lipinski definition) is 1. The third-order valence-electron chi connectivity index (χ3n) is 5.54. The number of sulfonamides is 1. The fourth-order valence-corrected chi connectivity index (χ4v) is 5.50. The minimum absolute atomic E-state index is 0.0511. The molecule has 0 saturated carbocycles. The van der Waals surface area contributed by atoms with Gasteiger partial charge in [0, 0.05) is 5.02 Å². The molecule has 2 heterocycles. The topological polar surface area (TPSA) is 79.2 Å². The Balaban J connectivity index is 1.44. The Labute approximate surface area is 178 Å². The van der Waals surface area contributed by atoms with Crippen LogP contribution in [-0.2, 0) is 19.6 Å². The Morgan fingerprint density at radius 3 is 2.17 bits per heavy atom. The molecule has 30 heavy (non-hydrogen) atoms. The van der Waals surface area contributed by atoms with Gasteiger partial charge in [0.05, 0.1) is 43.2 Å². The number of carbonyl (C=O) groups is 2. The van der Waals surface area contributed by atoms with Crippen LogP contribution in [0.15, 0.2) is 53.4 Å². The fourth-order valence-electron chi connectivity index (χ4n) is 3.93. The van der Waals surface area contributed by atoms with E-state index in [1.807, 2.05) is 0 Å². The van der Waals surface area contributed by atoms with E-state index in [9.17, 15) is 22.4 Å². The molecule has 7 nitrogen and oxygen atoms in total. The summed E-state index contributed by atoms with van der Waals surface area (Å²) in [5, 5.41) is 0.457. The third-order valence-corrected chi connectivity index (χ3v) is 7.71. The second-order valence-corrected chi connectivity index (χ2v) is 9.69. The van der Waals surface area contributed by atoms with Gasteiger partial charge >= 0.3 is 0 Å². The van der Waals surface area contributed by atoms with E-state index in [1.54, 1.807) is 0 Å². The van der Waals surface area contributed by atoms with Gasteiger partial charge in [-0.2, -0.15) is 4.31 Å². The summed E-state index contributed by atoms with van der Waals surface area (Å²) < 4.78 is 40.2. The van der Waals surface area contributed by atoms with Gasteiger partial charge in [0.2, 0.25) is 15.9 Å². The summed E-state index contributed by atoms with van der Waals surface area (Å²) in [7, 11) is -3.64. The minimum Gasteiger partial charge on any atom is -0.322 e. The normalized spacial score (nSPS) is 21.4. The van der Waals surface area contributed by atoms with Crippen molar-refractivity contribution in [1.82, 2.24) is 4.31 Å². The molecule has 0 radical (unpaired) electrons. The van der Waals surface area contributed by atoms with Crippen molar-refractivity contribution in [3.05, 3.63) is 59.4 Å². The van der Waals surface area contributed by atoms with Crippen molar-refractivity contribution in [1.29, 1.82) is 0 Å². The highest BCUT2D eigenvalue weighted by Crippen LogP contribution is 2.23. The predicted octanol–water partition coefficient (Wildman–Crippen LogP) is 0.700. The van der Waals surface area contributed by atoms with Gasteiger partial charge < -0.3 is 4.90 Å². The van der Waals surface area contributed by atoms with Crippen LogP contribution in [0, 0.1) is 5.82 Å². The molecule has 1 N–H and O–H groups in total. The summed E-state index contributed by atoms with van der Waals surface area (Å²) in [5.74, 6) is -1.12. The number of nitrogens with zero attached hydrogens (tertiary/aromatic N) is 2. The lowest BCUT2D eigenvalue weighted by atomic mass is 10.2. The minimum atomic E-state index is -3.64. The number of amides is 2. The van der Waals surface area contributed by atoms with Crippen LogP contribution >= 0.6 is 11.6 Å². The number of quaternary nitrogens is 1. The van der Waals surface area contributed by atoms with Gasteiger partial charge in [0.15, 0.2) is 6.04 Å². The van der Waals surface area contributed by atoms with Crippen molar-refractivity contribution < 1.29 is 27.3 Å². The van der Waals surface area contributed by atoms with Crippen LogP contribution in [0.5, 0.6) is 0 Å². The van der Waals surface area contributed by atoms with Crippen LogP contribution in [0.2, 0.25) is 5.02 Å². The third kappa shape index (κ3) is 3.85. The second-order valence-electron chi connectivity index (χ2n) is 7.32. The summed E-state index contributed by atoms with van der Waals surface area (Å²) in [6.07, 6.45) is 0.0511. The number of halogens is 2. The molecule has 2 fully saturated rings. The number of piperazine rings is 1. The highest BCUT2D eigenvalue weighted by atomic mass is 35.5. The van der Waals surface area contributed by atoms with Crippen molar-refractivity contribution in [2.75, 3.05) is 31.1 Å². The van der Waals surface area contributed by atoms with Crippen molar-refractivity contribution in [3.63, 3.8) is 0 Å². The second kappa shape index (κ2) is 8.07. The number of hydrogen-bond acceptors (Lipinski definition) is 4. The molecule has 0 bridgehead atoms. The van der Waals surface area contributed by atoms with Crippen molar-refractivity contribution in [2.24, 2.45) is 0 Å². The van der Waals surface area contributed by atoms with Crippen LogP contribution in [0.25, 0.3) is 0 Å². The van der Waals surface area contributed by atoms with E-state index in [2.05, 4.69) is 0 Å². The lowest BCUT2D eigenvalue weighted by Gasteiger charge is -2.33. The van der Waals surface area contributed by atoms with Gasteiger partial charge in [-0.3, -0.25) is 9.59 Å². The molecule has 2 aliphatic heterocycles.